The smallest absolute Gasteiger partial charge is 0.112 e. The molecule has 2 heterocycles. The van der Waals surface area contributed by atoms with E-state index in [1.807, 2.05) is 6.20 Å². The van der Waals surface area contributed by atoms with Crippen LogP contribution in [0.2, 0.25) is 0 Å². The zero-order chi connectivity index (χ0) is 8.77. The largest absolute Gasteiger partial charge is 0.335 e. The highest BCUT2D eigenvalue weighted by atomic mass is 15.1. The van der Waals surface area contributed by atoms with Gasteiger partial charge in [-0.05, 0) is 11.8 Å². The van der Waals surface area contributed by atoms with E-state index in [1.165, 1.54) is 12.2 Å². The van der Waals surface area contributed by atoms with Gasteiger partial charge in [0, 0.05) is 24.9 Å². The second-order valence-electron chi connectivity index (χ2n) is 4.69. The minimum atomic E-state index is 0.361. The van der Waals surface area contributed by atoms with Gasteiger partial charge in [0.25, 0.3) is 0 Å². The monoisotopic (exact) mass is 164 g/mol. The number of aryl methyl sites for hydroxylation is 1. The molecule has 0 spiro atoms. The van der Waals surface area contributed by atoms with Crippen molar-refractivity contribution in [2.24, 2.45) is 5.41 Å². The van der Waals surface area contributed by atoms with Crippen molar-refractivity contribution >= 4 is 0 Å². The molecule has 66 valence electrons. The van der Waals surface area contributed by atoms with Crippen LogP contribution in [0.25, 0.3) is 0 Å². The van der Waals surface area contributed by atoms with Crippen LogP contribution in [0.5, 0.6) is 0 Å². The molecule has 0 bridgehead atoms. The second kappa shape index (κ2) is 2.35. The fourth-order valence-corrected chi connectivity index (χ4v) is 2.04. The summed E-state index contributed by atoms with van der Waals surface area (Å²) in [6, 6.07) is 0. The molecule has 1 unspecified atom stereocenters. The molecule has 0 amide bonds. The standard InChI is InChI=1S/C10H16N2/c1-10(2,3)8-4-6-12-7-5-11-9(8)12/h5,7-8H,4,6H2,1-3H3. The van der Waals surface area contributed by atoms with Crippen LogP contribution >= 0.6 is 0 Å². The van der Waals surface area contributed by atoms with Gasteiger partial charge in [-0.2, -0.15) is 0 Å². The third-order valence-corrected chi connectivity index (χ3v) is 2.76. The molecule has 1 aromatic rings. The topological polar surface area (TPSA) is 17.8 Å². The molecule has 1 aliphatic rings. The molecule has 2 heteroatoms. The lowest BCUT2D eigenvalue weighted by molar-refractivity contribution is 0.314. The van der Waals surface area contributed by atoms with Crippen LogP contribution in [0.15, 0.2) is 12.4 Å². The number of aromatic nitrogens is 2. The summed E-state index contributed by atoms with van der Waals surface area (Å²) in [4.78, 5) is 4.41. The van der Waals surface area contributed by atoms with E-state index in [4.69, 9.17) is 0 Å². The Hall–Kier alpha value is -0.790. The quantitative estimate of drug-likeness (QED) is 0.575. The Kier molecular flexibility index (Phi) is 1.53. The van der Waals surface area contributed by atoms with Gasteiger partial charge in [-0.25, -0.2) is 4.98 Å². The zero-order valence-electron chi connectivity index (χ0n) is 8.04. The fraction of sp³-hybridized carbons (Fsp3) is 0.700. The van der Waals surface area contributed by atoms with E-state index in [1.54, 1.807) is 0 Å². The molecule has 2 rings (SSSR count). The van der Waals surface area contributed by atoms with Crippen molar-refractivity contribution in [3.63, 3.8) is 0 Å². The maximum Gasteiger partial charge on any atom is 0.112 e. The molecule has 0 N–H and O–H groups in total. The highest BCUT2D eigenvalue weighted by molar-refractivity contribution is 5.09. The third-order valence-electron chi connectivity index (χ3n) is 2.76. The molecule has 12 heavy (non-hydrogen) atoms. The maximum atomic E-state index is 4.41. The van der Waals surface area contributed by atoms with Gasteiger partial charge < -0.3 is 4.57 Å². The molecule has 0 fully saturated rings. The van der Waals surface area contributed by atoms with Gasteiger partial charge in [-0.1, -0.05) is 20.8 Å². The van der Waals surface area contributed by atoms with E-state index in [2.05, 4.69) is 36.5 Å². The summed E-state index contributed by atoms with van der Waals surface area (Å²) in [7, 11) is 0. The van der Waals surface area contributed by atoms with Gasteiger partial charge in [0.1, 0.15) is 5.82 Å². The lowest BCUT2D eigenvalue weighted by atomic mass is 9.79. The summed E-state index contributed by atoms with van der Waals surface area (Å²) in [6.45, 7) is 8.03. The average molecular weight is 164 g/mol. The molecular weight excluding hydrogens is 148 g/mol. The van der Waals surface area contributed by atoms with Gasteiger partial charge in [-0.15, -0.1) is 0 Å². The predicted octanol–water partition coefficient (Wildman–Crippen LogP) is 2.42. The Morgan fingerprint density at radius 3 is 2.92 bits per heavy atom. The second-order valence-corrected chi connectivity index (χ2v) is 4.69. The SMILES string of the molecule is CC(C)(C)C1CCn2ccnc21. The summed E-state index contributed by atoms with van der Waals surface area (Å²) < 4.78 is 2.27. The van der Waals surface area contributed by atoms with Crippen molar-refractivity contribution in [3.05, 3.63) is 18.2 Å². The summed E-state index contributed by atoms with van der Waals surface area (Å²) in [5.74, 6) is 1.93. The van der Waals surface area contributed by atoms with E-state index >= 15 is 0 Å². The van der Waals surface area contributed by atoms with E-state index in [0.29, 0.717) is 11.3 Å². The predicted molar refractivity (Wildman–Crippen MR) is 49.0 cm³/mol. The Balaban J connectivity index is 2.34. The average Bonchev–Trinajstić information content (AvgIpc) is 2.37. The first-order valence-corrected chi connectivity index (χ1v) is 4.60. The molecule has 0 saturated carbocycles. The van der Waals surface area contributed by atoms with Gasteiger partial charge in [-0.3, -0.25) is 0 Å². The van der Waals surface area contributed by atoms with Crippen LogP contribution in [-0.2, 0) is 6.54 Å². The molecular formula is C10H16N2. The van der Waals surface area contributed by atoms with Gasteiger partial charge in [0.15, 0.2) is 0 Å². The van der Waals surface area contributed by atoms with Crippen LogP contribution in [0, 0.1) is 5.41 Å². The number of imidazole rings is 1. The third kappa shape index (κ3) is 1.06. The van der Waals surface area contributed by atoms with Gasteiger partial charge >= 0.3 is 0 Å². The summed E-state index contributed by atoms with van der Waals surface area (Å²) >= 11 is 0. The van der Waals surface area contributed by atoms with Crippen LogP contribution in [0.4, 0.5) is 0 Å². The molecule has 1 atom stereocenters. The Morgan fingerprint density at radius 1 is 1.50 bits per heavy atom. The number of fused-ring (bicyclic) bond motifs is 1. The zero-order valence-corrected chi connectivity index (χ0v) is 8.04. The van der Waals surface area contributed by atoms with Crippen LogP contribution in [-0.4, -0.2) is 9.55 Å². The van der Waals surface area contributed by atoms with Gasteiger partial charge in [0.2, 0.25) is 0 Å². The van der Waals surface area contributed by atoms with Crippen molar-refractivity contribution in [2.45, 2.75) is 39.7 Å². The number of rotatable bonds is 0. The van der Waals surface area contributed by atoms with Crippen molar-refractivity contribution in [1.82, 2.24) is 9.55 Å². The minimum Gasteiger partial charge on any atom is -0.335 e. The summed E-state index contributed by atoms with van der Waals surface area (Å²) in [6.07, 6.45) is 5.25. The molecule has 0 aromatic carbocycles. The first kappa shape index (κ1) is 7.84. The molecule has 1 aliphatic heterocycles. The normalized spacial score (nSPS) is 22.8. The lowest BCUT2D eigenvalue weighted by Crippen LogP contribution is -2.16. The molecule has 1 aromatic heterocycles. The first-order valence-electron chi connectivity index (χ1n) is 4.60. The highest BCUT2D eigenvalue weighted by Gasteiger charge is 2.33. The van der Waals surface area contributed by atoms with Crippen molar-refractivity contribution < 1.29 is 0 Å². The van der Waals surface area contributed by atoms with Crippen LogP contribution in [0.3, 0.4) is 0 Å². The van der Waals surface area contributed by atoms with Gasteiger partial charge in [0.05, 0.1) is 0 Å². The Morgan fingerprint density at radius 2 is 2.25 bits per heavy atom. The van der Waals surface area contributed by atoms with Crippen molar-refractivity contribution in [1.29, 1.82) is 0 Å². The first-order chi connectivity index (χ1) is 5.59. The Labute approximate surface area is 73.6 Å². The van der Waals surface area contributed by atoms with E-state index in [0.717, 1.165) is 6.54 Å². The molecule has 0 aliphatic carbocycles. The van der Waals surface area contributed by atoms with Crippen LogP contribution in [0.1, 0.15) is 38.9 Å². The van der Waals surface area contributed by atoms with E-state index in [-0.39, 0.29) is 0 Å². The summed E-state index contributed by atoms with van der Waals surface area (Å²) in [5, 5.41) is 0. The van der Waals surface area contributed by atoms with Crippen molar-refractivity contribution in [2.75, 3.05) is 0 Å². The lowest BCUT2D eigenvalue weighted by Gasteiger charge is -2.25. The number of hydrogen-bond acceptors (Lipinski definition) is 1. The number of nitrogens with zero attached hydrogens (tertiary/aromatic N) is 2. The molecule has 2 nitrogen and oxygen atoms in total. The van der Waals surface area contributed by atoms with E-state index < -0.39 is 0 Å². The Bertz CT molecular complexity index is 280. The van der Waals surface area contributed by atoms with E-state index in [9.17, 15) is 0 Å². The van der Waals surface area contributed by atoms with Crippen LogP contribution < -0.4 is 0 Å². The van der Waals surface area contributed by atoms with Crippen molar-refractivity contribution in [3.8, 4) is 0 Å². The fourth-order valence-electron chi connectivity index (χ4n) is 2.04. The molecule has 0 saturated heterocycles. The summed E-state index contributed by atoms with van der Waals surface area (Å²) in [5.41, 5.74) is 0.361. The minimum absolute atomic E-state index is 0.361. The highest BCUT2D eigenvalue weighted by Crippen LogP contribution is 2.40. The number of hydrogen-bond donors (Lipinski definition) is 0. The molecule has 0 radical (unpaired) electrons. The maximum absolute atomic E-state index is 4.41.